The van der Waals surface area contributed by atoms with Crippen LogP contribution in [-0.4, -0.2) is 30.1 Å². The van der Waals surface area contributed by atoms with Gasteiger partial charge in [-0.1, -0.05) is 30.3 Å². The molecule has 5 heteroatoms. The maximum Gasteiger partial charge on any atom is 0.308 e. The standard InChI is InChI=1S/C18H28N2O3/c1-14(12-17(22)23-18(2,3)4)20-16(21)10-11-19-13-15-8-6-5-7-9-15/h5-9,14,19H,10-13H2,1-4H3,(H,20,21). The molecule has 0 fully saturated rings. The van der Waals surface area contributed by atoms with Crippen LogP contribution in [0.5, 0.6) is 0 Å². The van der Waals surface area contributed by atoms with E-state index in [0.717, 1.165) is 6.54 Å². The summed E-state index contributed by atoms with van der Waals surface area (Å²) in [5.74, 6) is -0.367. The molecule has 1 aromatic rings. The second-order valence-electron chi connectivity index (χ2n) is 6.67. The predicted octanol–water partition coefficient (Wildman–Crippen LogP) is 2.40. The Bertz CT molecular complexity index is 495. The molecule has 0 saturated carbocycles. The number of esters is 1. The van der Waals surface area contributed by atoms with Gasteiger partial charge in [-0.2, -0.15) is 0 Å². The Hall–Kier alpha value is -1.88. The summed E-state index contributed by atoms with van der Waals surface area (Å²) in [6.45, 7) is 8.62. The Morgan fingerprint density at radius 2 is 1.83 bits per heavy atom. The van der Waals surface area contributed by atoms with Gasteiger partial charge >= 0.3 is 5.97 Å². The first-order chi connectivity index (χ1) is 10.8. The van der Waals surface area contributed by atoms with Crippen molar-refractivity contribution >= 4 is 11.9 Å². The molecule has 5 nitrogen and oxygen atoms in total. The molecule has 0 aromatic heterocycles. The van der Waals surface area contributed by atoms with Gasteiger partial charge in [-0.05, 0) is 33.3 Å². The molecule has 23 heavy (non-hydrogen) atoms. The number of hydrogen-bond acceptors (Lipinski definition) is 4. The molecule has 1 aromatic carbocycles. The maximum atomic E-state index is 11.8. The highest BCUT2D eigenvalue weighted by Gasteiger charge is 2.19. The molecule has 0 aliphatic carbocycles. The molecule has 0 spiro atoms. The monoisotopic (exact) mass is 320 g/mol. The lowest BCUT2D eigenvalue weighted by molar-refractivity contribution is -0.155. The van der Waals surface area contributed by atoms with Crippen molar-refractivity contribution in [1.29, 1.82) is 0 Å². The molecule has 0 saturated heterocycles. The highest BCUT2D eigenvalue weighted by molar-refractivity contribution is 5.77. The largest absolute Gasteiger partial charge is 0.460 e. The third-order valence-corrected chi connectivity index (χ3v) is 3.00. The SMILES string of the molecule is CC(CC(=O)OC(C)(C)C)NC(=O)CCNCc1ccccc1. The number of benzene rings is 1. The summed E-state index contributed by atoms with van der Waals surface area (Å²) in [5, 5.41) is 6.04. The van der Waals surface area contributed by atoms with Crippen LogP contribution in [0, 0.1) is 0 Å². The minimum absolute atomic E-state index is 0.0679. The van der Waals surface area contributed by atoms with Crippen molar-refractivity contribution in [2.45, 2.75) is 58.7 Å². The van der Waals surface area contributed by atoms with Crippen LogP contribution in [0.1, 0.15) is 46.1 Å². The Morgan fingerprint density at radius 3 is 2.43 bits per heavy atom. The third kappa shape index (κ3) is 9.68. The topological polar surface area (TPSA) is 67.4 Å². The van der Waals surface area contributed by atoms with Crippen LogP contribution < -0.4 is 10.6 Å². The maximum absolute atomic E-state index is 11.8. The van der Waals surface area contributed by atoms with Crippen LogP contribution in [0.4, 0.5) is 0 Å². The lowest BCUT2D eigenvalue weighted by Crippen LogP contribution is -2.37. The zero-order valence-electron chi connectivity index (χ0n) is 14.5. The van der Waals surface area contributed by atoms with Crippen LogP contribution in [0.3, 0.4) is 0 Å². The summed E-state index contributed by atoms with van der Waals surface area (Å²) in [6.07, 6.45) is 0.561. The molecular weight excluding hydrogens is 292 g/mol. The van der Waals surface area contributed by atoms with Gasteiger partial charge in [-0.25, -0.2) is 0 Å². The van der Waals surface area contributed by atoms with Crippen LogP contribution in [-0.2, 0) is 20.9 Å². The van der Waals surface area contributed by atoms with Crippen LogP contribution in [0.2, 0.25) is 0 Å². The average Bonchev–Trinajstić information content (AvgIpc) is 2.42. The van der Waals surface area contributed by atoms with E-state index in [2.05, 4.69) is 10.6 Å². The molecule has 0 aliphatic rings. The van der Waals surface area contributed by atoms with E-state index in [-0.39, 0.29) is 24.3 Å². The number of rotatable bonds is 8. The second-order valence-corrected chi connectivity index (χ2v) is 6.67. The van der Waals surface area contributed by atoms with E-state index in [1.54, 1.807) is 6.92 Å². The molecule has 128 valence electrons. The molecule has 2 N–H and O–H groups in total. The summed E-state index contributed by atoms with van der Waals surface area (Å²) in [5.41, 5.74) is 0.688. The van der Waals surface area contributed by atoms with Gasteiger partial charge in [0, 0.05) is 25.6 Å². The van der Waals surface area contributed by atoms with Crippen molar-refractivity contribution in [2.75, 3.05) is 6.54 Å². The molecule has 0 bridgehead atoms. The van der Waals surface area contributed by atoms with Crippen LogP contribution in [0.25, 0.3) is 0 Å². The van der Waals surface area contributed by atoms with Crippen molar-refractivity contribution in [3.8, 4) is 0 Å². The molecule has 1 atom stereocenters. The first-order valence-corrected chi connectivity index (χ1v) is 8.02. The van der Waals surface area contributed by atoms with Gasteiger partial charge in [-0.15, -0.1) is 0 Å². The molecule has 0 radical (unpaired) electrons. The highest BCUT2D eigenvalue weighted by atomic mass is 16.6. The van der Waals surface area contributed by atoms with E-state index < -0.39 is 5.60 Å². The van der Waals surface area contributed by atoms with E-state index >= 15 is 0 Å². The Labute approximate surface area is 138 Å². The normalized spacial score (nSPS) is 12.5. The van der Waals surface area contributed by atoms with E-state index in [0.29, 0.717) is 13.0 Å². The Balaban J connectivity index is 2.16. The fourth-order valence-corrected chi connectivity index (χ4v) is 2.06. The van der Waals surface area contributed by atoms with Crippen LogP contribution in [0.15, 0.2) is 30.3 Å². The smallest absolute Gasteiger partial charge is 0.308 e. The number of amides is 1. The number of nitrogens with one attached hydrogen (secondary N) is 2. The van der Waals surface area contributed by atoms with E-state index in [1.807, 2.05) is 51.1 Å². The Morgan fingerprint density at radius 1 is 1.17 bits per heavy atom. The van der Waals surface area contributed by atoms with E-state index in [4.69, 9.17) is 4.74 Å². The van der Waals surface area contributed by atoms with Gasteiger partial charge in [0.1, 0.15) is 5.60 Å². The summed E-state index contributed by atoms with van der Waals surface area (Å²) < 4.78 is 5.23. The highest BCUT2D eigenvalue weighted by Crippen LogP contribution is 2.09. The fourth-order valence-electron chi connectivity index (χ4n) is 2.06. The molecule has 1 rings (SSSR count). The minimum Gasteiger partial charge on any atom is -0.460 e. The summed E-state index contributed by atoms with van der Waals surface area (Å²) in [4.78, 5) is 23.5. The molecule has 0 heterocycles. The Kier molecular flexibility index (Phi) is 7.75. The predicted molar refractivity (Wildman–Crippen MR) is 90.8 cm³/mol. The summed E-state index contributed by atoms with van der Waals surface area (Å²) in [7, 11) is 0. The first kappa shape index (κ1) is 19.2. The number of hydrogen-bond donors (Lipinski definition) is 2. The van der Waals surface area contributed by atoms with Crippen molar-refractivity contribution in [3.05, 3.63) is 35.9 Å². The van der Waals surface area contributed by atoms with Crippen LogP contribution >= 0.6 is 0 Å². The summed E-state index contributed by atoms with van der Waals surface area (Å²) >= 11 is 0. The number of carbonyl (C=O) groups is 2. The molecular formula is C18H28N2O3. The fraction of sp³-hybridized carbons (Fsp3) is 0.556. The van der Waals surface area contributed by atoms with Crippen molar-refractivity contribution in [1.82, 2.24) is 10.6 Å². The lowest BCUT2D eigenvalue weighted by Gasteiger charge is -2.21. The zero-order valence-corrected chi connectivity index (χ0v) is 14.5. The molecule has 1 unspecified atom stereocenters. The molecule has 0 aliphatic heterocycles. The third-order valence-electron chi connectivity index (χ3n) is 3.00. The lowest BCUT2D eigenvalue weighted by atomic mass is 10.2. The average molecular weight is 320 g/mol. The van der Waals surface area contributed by atoms with Crippen molar-refractivity contribution in [2.24, 2.45) is 0 Å². The van der Waals surface area contributed by atoms with E-state index in [1.165, 1.54) is 5.56 Å². The van der Waals surface area contributed by atoms with Gasteiger partial charge in [0.25, 0.3) is 0 Å². The molecule has 1 amide bonds. The number of carbonyl (C=O) groups excluding carboxylic acids is 2. The van der Waals surface area contributed by atoms with E-state index in [9.17, 15) is 9.59 Å². The first-order valence-electron chi connectivity index (χ1n) is 8.02. The van der Waals surface area contributed by atoms with Gasteiger partial charge in [0.2, 0.25) is 5.91 Å². The van der Waals surface area contributed by atoms with Gasteiger partial charge in [0.05, 0.1) is 6.42 Å². The van der Waals surface area contributed by atoms with Gasteiger partial charge < -0.3 is 15.4 Å². The van der Waals surface area contributed by atoms with Gasteiger partial charge in [-0.3, -0.25) is 9.59 Å². The van der Waals surface area contributed by atoms with Crippen molar-refractivity contribution in [3.63, 3.8) is 0 Å². The number of ether oxygens (including phenoxy) is 1. The summed E-state index contributed by atoms with van der Waals surface area (Å²) in [6, 6.07) is 9.80. The van der Waals surface area contributed by atoms with Crippen molar-refractivity contribution < 1.29 is 14.3 Å². The second kappa shape index (κ2) is 9.30. The minimum atomic E-state index is -0.498. The van der Waals surface area contributed by atoms with Gasteiger partial charge in [0.15, 0.2) is 0 Å². The quantitative estimate of drug-likeness (QED) is 0.570. The zero-order chi connectivity index (χ0) is 17.3.